The molecule has 11 heteroatoms. The second kappa shape index (κ2) is 41.0. The molecule has 0 saturated carbocycles. The van der Waals surface area contributed by atoms with Crippen LogP contribution in [-0.2, 0) is 37.4 Å². The molecular formula is C49H88NO9P. The van der Waals surface area contributed by atoms with E-state index in [2.05, 4.69) is 56.4 Å². The van der Waals surface area contributed by atoms with E-state index < -0.39 is 32.5 Å². The van der Waals surface area contributed by atoms with Crippen molar-refractivity contribution in [2.75, 3.05) is 26.4 Å². The molecular weight excluding hydrogens is 778 g/mol. The molecule has 1 aliphatic rings. The van der Waals surface area contributed by atoms with Gasteiger partial charge in [-0.3, -0.25) is 18.6 Å². The van der Waals surface area contributed by atoms with Gasteiger partial charge in [-0.2, -0.15) is 0 Å². The lowest BCUT2D eigenvalue weighted by atomic mass is 10.0. The first-order valence-corrected chi connectivity index (χ1v) is 25.7. The van der Waals surface area contributed by atoms with Gasteiger partial charge in [0.05, 0.1) is 25.4 Å². The molecule has 0 amide bonds. The van der Waals surface area contributed by atoms with Crippen LogP contribution in [0.3, 0.4) is 0 Å². The Morgan fingerprint density at radius 1 is 0.583 bits per heavy atom. The van der Waals surface area contributed by atoms with E-state index >= 15 is 0 Å². The molecule has 1 heterocycles. The van der Waals surface area contributed by atoms with Gasteiger partial charge in [0.15, 0.2) is 6.10 Å². The van der Waals surface area contributed by atoms with Crippen molar-refractivity contribution in [2.45, 2.75) is 225 Å². The fraction of sp³-hybridized carbons (Fsp3) is 0.796. The fourth-order valence-electron chi connectivity index (χ4n) is 6.84. The number of carbonyl (C=O) groups is 2. The van der Waals surface area contributed by atoms with E-state index in [1.807, 2.05) is 6.08 Å². The minimum Gasteiger partial charge on any atom is -0.462 e. The number of rotatable bonds is 44. The van der Waals surface area contributed by atoms with Gasteiger partial charge in [-0.25, -0.2) is 4.57 Å². The topological polar surface area (TPSA) is 147 Å². The lowest BCUT2D eigenvalue weighted by molar-refractivity contribution is -0.161. The second-order valence-corrected chi connectivity index (χ2v) is 17.8. The molecule has 10 nitrogen and oxygen atoms in total. The molecule has 0 aromatic rings. The van der Waals surface area contributed by atoms with E-state index in [0.717, 1.165) is 44.9 Å². The first kappa shape index (κ1) is 55.9. The summed E-state index contributed by atoms with van der Waals surface area (Å²) in [6.45, 7) is 3.64. The number of esters is 2. The zero-order valence-corrected chi connectivity index (χ0v) is 39.0. The van der Waals surface area contributed by atoms with Crippen LogP contribution in [-0.4, -0.2) is 61.5 Å². The highest BCUT2D eigenvalue weighted by Gasteiger charge is 2.36. The highest BCUT2D eigenvalue weighted by molar-refractivity contribution is 7.47. The zero-order valence-electron chi connectivity index (χ0n) is 38.1. The Labute approximate surface area is 366 Å². The Hall–Kier alpha value is -2.07. The molecule has 0 aliphatic carbocycles. The molecule has 1 fully saturated rings. The third kappa shape index (κ3) is 37.7. The number of phosphoric ester groups is 1. The highest BCUT2D eigenvalue weighted by Crippen LogP contribution is 2.43. The summed E-state index contributed by atoms with van der Waals surface area (Å²) in [5.74, 6) is -0.898. The van der Waals surface area contributed by atoms with Gasteiger partial charge in [0.2, 0.25) is 0 Å². The van der Waals surface area contributed by atoms with E-state index in [1.54, 1.807) is 0 Å². The summed E-state index contributed by atoms with van der Waals surface area (Å²) >= 11 is 0. The third-order valence-electron chi connectivity index (χ3n) is 10.6. The number of phosphoric acid groups is 1. The van der Waals surface area contributed by atoms with Crippen molar-refractivity contribution in [3.8, 4) is 0 Å². The van der Waals surface area contributed by atoms with Gasteiger partial charge >= 0.3 is 19.8 Å². The normalized spacial score (nSPS) is 17.0. The summed E-state index contributed by atoms with van der Waals surface area (Å²) < 4.78 is 38.6. The van der Waals surface area contributed by atoms with Gasteiger partial charge in [0, 0.05) is 19.4 Å². The van der Waals surface area contributed by atoms with Gasteiger partial charge in [-0.05, 0) is 77.0 Å². The van der Waals surface area contributed by atoms with E-state index in [4.69, 9.17) is 29.0 Å². The number of epoxide rings is 1. The highest BCUT2D eigenvalue weighted by atomic mass is 31.2. The van der Waals surface area contributed by atoms with Crippen molar-refractivity contribution in [3.63, 3.8) is 0 Å². The second-order valence-electron chi connectivity index (χ2n) is 16.4. The minimum atomic E-state index is -4.40. The van der Waals surface area contributed by atoms with Crippen molar-refractivity contribution in [1.29, 1.82) is 0 Å². The van der Waals surface area contributed by atoms with Crippen molar-refractivity contribution >= 4 is 19.8 Å². The van der Waals surface area contributed by atoms with Crippen molar-refractivity contribution in [2.24, 2.45) is 5.73 Å². The van der Waals surface area contributed by atoms with Gasteiger partial charge in [-0.15, -0.1) is 0 Å². The predicted molar refractivity (Wildman–Crippen MR) is 247 cm³/mol. The van der Waals surface area contributed by atoms with E-state index in [0.29, 0.717) is 25.0 Å². The lowest BCUT2D eigenvalue weighted by Gasteiger charge is -2.19. The van der Waals surface area contributed by atoms with Gasteiger partial charge < -0.3 is 24.8 Å². The van der Waals surface area contributed by atoms with Crippen molar-refractivity contribution in [1.82, 2.24) is 0 Å². The lowest BCUT2D eigenvalue weighted by Crippen LogP contribution is -2.29. The smallest absolute Gasteiger partial charge is 0.462 e. The van der Waals surface area contributed by atoms with Gasteiger partial charge in [0.25, 0.3) is 0 Å². The predicted octanol–water partition coefficient (Wildman–Crippen LogP) is 13.3. The van der Waals surface area contributed by atoms with Crippen molar-refractivity contribution < 1.29 is 42.3 Å². The molecule has 3 N–H and O–H groups in total. The fourth-order valence-corrected chi connectivity index (χ4v) is 7.61. The maximum absolute atomic E-state index is 12.6. The molecule has 0 bridgehead atoms. The van der Waals surface area contributed by atoms with Crippen LogP contribution < -0.4 is 5.73 Å². The van der Waals surface area contributed by atoms with E-state index in [9.17, 15) is 19.0 Å². The molecule has 0 spiro atoms. The van der Waals surface area contributed by atoms with Crippen LogP contribution in [0.15, 0.2) is 48.6 Å². The molecule has 60 heavy (non-hydrogen) atoms. The number of carbonyl (C=O) groups excluding carboxylic acids is 2. The third-order valence-corrected chi connectivity index (χ3v) is 11.6. The molecule has 3 unspecified atom stereocenters. The quantitative estimate of drug-likeness (QED) is 0.0199. The van der Waals surface area contributed by atoms with Crippen LogP contribution in [0.5, 0.6) is 0 Å². The van der Waals surface area contributed by atoms with Crippen molar-refractivity contribution in [3.05, 3.63) is 48.6 Å². The molecule has 1 saturated heterocycles. The summed E-state index contributed by atoms with van der Waals surface area (Å²) in [5, 5.41) is 0. The Balaban J connectivity index is 2.16. The summed E-state index contributed by atoms with van der Waals surface area (Å²) in [5.41, 5.74) is 5.36. The van der Waals surface area contributed by atoms with Crippen LogP contribution in [0.1, 0.15) is 206 Å². The van der Waals surface area contributed by atoms with Crippen LogP contribution >= 0.6 is 7.82 Å². The Morgan fingerprint density at radius 2 is 1.03 bits per heavy atom. The molecule has 1 aliphatic heterocycles. The van der Waals surface area contributed by atoms with Crippen LogP contribution in [0.25, 0.3) is 0 Å². The van der Waals surface area contributed by atoms with E-state index in [1.165, 1.54) is 122 Å². The van der Waals surface area contributed by atoms with Crippen LogP contribution in [0, 0.1) is 0 Å². The summed E-state index contributed by atoms with van der Waals surface area (Å²) in [7, 11) is -4.40. The Kier molecular flexibility index (Phi) is 38.2. The summed E-state index contributed by atoms with van der Waals surface area (Å²) in [6.07, 6.45) is 50.4. The number of ether oxygens (including phenoxy) is 3. The monoisotopic (exact) mass is 866 g/mol. The van der Waals surface area contributed by atoms with Gasteiger partial charge in [-0.1, -0.05) is 165 Å². The number of hydrogen-bond donors (Lipinski definition) is 2. The molecule has 1 rings (SSSR count). The molecule has 0 radical (unpaired) electrons. The number of allylic oxidation sites excluding steroid dienone is 6. The SMILES string of the molecule is CCCCC/C=C\CC1OC1C/C=C\C/C=C\CCCC(=O)O[C@H](COC(=O)CCCCCCCCCCCCC/C=C\CCCCCCCC)COP(=O)(O)OCCN. The summed E-state index contributed by atoms with van der Waals surface area (Å²) in [4.78, 5) is 35.0. The van der Waals surface area contributed by atoms with Crippen LogP contribution in [0.2, 0.25) is 0 Å². The number of unbranched alkanes of at least 4 members (excludes halogenated alkanes) is 21. The van der Waals surface area contributed by atoms with Gasteiger partial charge in [0.1, 0.15) is 6.61 Å². The molecule has 0 aromatic carbocycles. The summed E-state index contributed by atoms with van der Waals surface area (Å²) in [6, 6.07) is 0. The average molecular weight is 866 g/mol. The standard InChI is InChI=1S/C49H88NO9P/c1-3-5-7-9-11-12-13-14-15-16-17-18-19-20-21-22-23-24-27-31-35-39-48(51)55-43-45(44-57-60(53,54)56-42-41-50)58-49(52)40-36-32-28-25-26-30-34-38-47-46(59-47)37-33-29-10-8-6-4-2/h14-15,25,28-30,33-34,45-47H,3-13,16-24,26-27,31-32,35-44,50H2,1-2H3,(H,53,54)/b15-14-,28-25-,33-29-,34-30-/t45-,46?,47?/m1/s1. The minimum absolute atomic E-state index is 0.0414. The zero-order chi connectivity index (χ0) is 43.6. The first-order chi connectivity index (χ1) is 29.3. The number of nitrogens with two attached hydrogens (primary N) is 1. The maximum Gasteiger partial charge on any atom is 0.472 e. The average Bonchev–Trinajstić information content (AvgIpc) is 3.99. The molecule has 0 aromatic heterocycles. The van der Waals surface area contributed by atoms with E-state index in [-0.39, 0.29) is 32.6 Å². The molecule has 4 atom stereocenters. The number of hydrogen-bond acceptors (Lipinski definition) is 9. The maximum atomic E-state index is 12.6. The largest absolute Gasteiger partial charge is 0.472 e. The Morgan fingerprint density at radius 3 is 1.63 bits per heavy atom. The molecule has 348 valence electrons. The first-order valence-electron chi connectivity index (χ1n) is 24.2. The Bertz CT molecular complexity index is 1190. The van der Waals surface area contributed by atoms with Crippen LogP contribution in [0.4, 0.5) is 0 Å².